The van der Waals surface area contributed by atoms with Crippen molar-refractivity contribution in [2.45, 2.75) is 51.3 Å². The average Bonchev–Trinajstić information content (AvgIpc) is 2.76. The monoisotopic (exact) mass is 470 g/mol. The van der Waals surface area contributed by atoms with Gasteiger partial charge in [-0.15, -0.1) is 0 Å². The number of amides is 2. The second-order valence-electron chi connectivity index (χ2n) is 9.08. The number of hydrogen-bond donors (Lipinski definition) is 3. The third kappa shape index (κ3) is 5.98. The molecule has 1 heterocycles. The van der Waals surface area contributed by atoms with Crippen molar-refractivity contribution in [1.29, 1.82) is 0 Å². The van der Waals surface area contributed by atoms with Gasteiger partial charge in [0.05, 0.1) is 14.2 Å². The zero-order valence-corrected chi connectivity index (χ0v) is 19.9. The smallest absolute Gasteiger partial charge is 0.408 e. The van der Waals surface area contributed by atoms with Crippen LogP contribution in [0.25, 0.3) is 11.1 Å². The standard InChI is InChI=1S/C25H30N2O7/c1-25(2,3)34-24(31)27-18-12-15-7-9-21(32-4)17(11-15)16-10-14(6-8-20(16)28)13-19(23(30)33-5)26-22(18)29/h6-11,18-19,28H,12-13H2,1-5H3,(H,26,29)(H,27,31)/t18-,19-/m0/s1. The molecule has 1 aliphatic heterocycles. The van der Waals surface area contributed by atoms with Crippen LogP contribution in [0.2, 0.25) is 0 Å². The summed E-state index contributed by atoms with van der Waals surface area (Å²) in [4.78, 5) is 38.1. The summed E-state index contributed by atoms with van der Waals surface area (Å²) in [6.45, 7) is 5.16. The number of hydrogen-bond acceptors (Lipinski definition) is 7. The number of ether oxygens (including phenoxy) is 3. The molecule has 0 saturated carbocycles. The first-order valence-corrected chi connectivity index (χ1v) is 10.9. The van der Waals surface area contributed by atoms with Gasteiger partial charge >= 0.3 is 12.1 Å². The number of benzene rings is 2. The van der Waals surface area contributed by atoms with E-state index in [1.54, 1.807) is 51.1 Å². The SMILES string of the molecule is COC(=O)[C@@H]1Cc2ccc(O)c(c2)-c2cc(ccc2OC)C[C@H](NC(=O)OC(C)(C)C)C(=O)N1. The van der Waals surface area contributed by atoms with Gasteiger partial charge in [0, 0.05) is 24.0 Å². The second-order valence-corrected chi connectivity index (χ2v) is 9.08. The first-order valence-electron chi connectivity index (χ1n) is 10.9. The van der Waals surface area contributed by atoms with Crippen LogP contribution >= 0.6 is 0 Å². The second kappa shape index (κ2) is 10.0. The van der Waals surface area contributed by atoms with Crippen LogP contribution in [0.15, 0.2) is 36.4 Å². The molecule has 9 heteroatoms. The molecule has 0 fully saturated rings. The molecule has 1 aliphatic rings. The lowest BCUT2D eigenvalue weighted by atomic mass is 9.93. The van der Waals surface area contributed by atoms with E-state index in [4.69, 9.17) is 14.2 Å². The Kier molecular flexibility index (Phi) is 7.34. The fourth-order valence-corrected chi connectivity index (χ4v) is 3.76. The number of fused-ring (bicyclic) bond motifs is 5. The molecule has 3 rings (SSSR count). The summed E-state index contributed by atoms with van der Waals surface area (Å²) in [5, 5.41) is 15.9. The number of carbonyl (C=O) groups is 3. The summed E-state index contributed by atoms with van der Waals surface area (Å²) in [6.07, 6.45) is -0.533. The van der Waals surface area contributed by atoms with Gasteiger partial charge in [-0.25, -0.2) is 9.59 Å². The van der Waals surface area contributed by atoms with Crippen LogP contribution < -0.4 is 15.4 Å². The number of phenols is 1. The molecule has 0 unspecified atom stereocenters. The number of rotatable bonds is 3. The van der Waals surface area contributed by atoms with Crippen LogP contribution in [0.1, 0.15) is 31.9 Å². The summed E-state index contributed by atoms with van der Waals surface area (Å²) < 4.78 is 15.7. The minimum atomic E-state index is -1.03. The molecule has 4 bridgehead atoms. The normalized spacial score (nSPS) is 18.0. The van der Waals surface area contributed by atoms with Crippen molar-refractivity contribution in [2.75, 3.05) is 14.2 Å². The van der Waals surface area contributed by atoms with Crippen molar-refractivity contribution in [3.63, 3.8) is 0 Å². The van der Waals surface area contributed by atoms with Gasteiger partial charge in [-0.05, 0) is 56.2 Å². The lowest BCUT2D eigenvalue weighted by molar-refractivity contribution is -0.145. The van der Waals surface area contributed by atoms with E-state index in [1.807, 2.05) is 0 Å². The van der Waals surface area contributed by atoms with Gasteiger partial charge in [-0.1, -0.05) is 12.1 Å². The number of carbonyl (C=O) groups excluding carboxylic acids is 3. The average molecular weight is 471 g/mol. The molecule has 0 saturated heterocycles. The van der Waals surface area contributed by atoms with E-state index >= 15 is 0 Å². The van der Waals surface area contributed by atoms with Crippen LogP contribution in [-0.2, 0) is 31.9 Å². The maximum absolute atomic E-state index is 13.2. The van der Waals surface area contributed by atoms with Crippen molar-refractivity contribution in [3.05, 3.63) is 47.5 Å². The van der Waals surface area contributed by atoms with Gasteiger partial charge in [0.2, 0.25) is 5.91 Å². The zero-order valence-electron chi connectivity index (χ0n) is 19.9. The Morgan fingerprint density at radius 2 is 1.68 bits per heavy atom. The highest BCUT2D eigenvalue weighted by Crippen LogP contribution is 2.37. The van der Waals surface area contributed by atoms with Crippen molar-refractivity contribution in [1.82, 2.24) is 10.6 Å². The van der Waals surface area contributed by atoms with Crippen molar-refractivity contribution in [3.8, 4) is 22.6 Å². The zero-order chi connectivity index (χ0) is 25.0. The molecule has 0 radical (unpaired) electrons. The molecule has 182 valence electrons. The molecule has 0 aromatic heterocycles. The third-order valence-corrected chi connectivity index (χ3v) is 5.30. The Labute approximate surface area is 198 Å². The van der Waals surface area contributed by atoms with Crippen LogP contribution in [0, 0.1) is 0 Å². The van der Waals surface area contributed by atoms with Crippen molar-refractivity contribution < 1.29 is 33.7 Å². The molecule has 34 heavy (non-hydrogen) atoms. The van der Waals surface area contributed by atoms with Gasteiger partial charge < -0.3 is 30.0 Å². The largest absolute Gasteiger partial charge is 0.507 e. The Balaban J connectivity index is 2.09. The third-order valence-electron chi connectivity index (χ3n) is 5.30. The predicted molar refractivity (Wildman–Crippen MR) is 125 cm³/mol. The number of methoxy groups -OCH3 is 2. The van der Waals surface area contributed by atoms with Crippen LogP contribution in [0.5, 0.6) is 11.5 Å². The van der Waals surface area contributed by atoms with Gasteiger partial charge in [-0.3, -0.25) is 4.79 Å². The molecule has 0 spiro atoms. The highest BCUT2D eigenvalue weighted by Gasteiger charge is 2.30. The van der Waals surface area contributed by atoms with Gasteiger partial charge in [0.1, 0.15) is 29.2 Å². The Morgan fingerprint density at radius 1 is 1.03 bits per heavy atom. The first-order chi connectivity index (χ1) is 16.0. The number of aromatic hydroxyl groups is 1. The van der Waals surface area contributed by atoms with E-state index < -0.39 is 35.7 Å². The first kappa shape index (κ1) is 24.9. The summed E-state index contributed by atoms with van der Waals surface area (Å²) >= 11 is 0. The molecule has 2 aromatic rings. The number of alkyl carbamates (subject to hydrolysis) is 1. The maximum atomic E-state index is 13.2. The minimum Gasteiger partial charge on any atom is -0.507 e. The lowest BCUT2D eigenvalue weighted by Gasteiger charge is -2.26. The fraction of sp³-hybridized carbons (Fsp3) is 0.400. The summed E-state index contributed by atoms with van der Waals surface area (Å²) in [7, 11) is 2.76. The van der Waals surface area contributed by atoms with E-state index in [2.05, 4.69) is 10.6 Å². The summed E-state index contributed by atoms with van der Waals surface area (Å²) in [5.41, 5.74) is 1.77. The maximum Gasteiger partial charge on any atom is 0.408 e. The van der Waals surface area contributed by atoms with Crippen LogP contribution in [0.3, 0.4) is 0 Å². The van der Waals surface area contributed by atoms with E-state index in [0.29, 0.717) is 28.0 Å². The van der Waals surface area contributed by atoms with E-state index in [-0.39, 0.29) is 18.6 Å². The lowest BCUT2D eigenvalue weighted by Crippen LogP contribution is -2.54. The molecular weight excluding hydrogens is 440 g/mol. The quantitative estimate of drug-likeness (QED) is 0.590. The topological polar surface area (TPSA) is 123 Å². The predicted octanol–water partition coefficient (Wildman–Crippen LogP) is 2.72. The fourth-order valence-electron chi connectivity index (χ4n) is 3.76. The summed E-state index contributed by atoms with van der Waals surface area (Å²) in [5.74, 6) is -0.623. The number of esters is 1. The molecular formula is C25H30N2O7. The van der Waals surface area contributed by atoms with E-state index in [0.717, 1.165) is 0 Å². The van der Waals surface area contributed by atoms with Gasteiger partial charge in [0.15, 0.2) is 0 Å². The summed E-state index contributed by atoms with van der Waals surface area (Å²) in [6, 6.07) is 8.22. The van der Waals surface area contributed by atoms with Crippen LogP contribution in [0.4, 0.5) is 4.79 Å². The highest BCUT2D eigenvalue weighted by atomic mass is 16.6. The van der Waals surface area contributed by atoms with Crippen molar-refractivity contribution >= 4 is 18.0 Å². The molecule has 2 amide bonds. The van der Waals surface area contributed by atoms with Crippen LogP contribution in [-0.4, -0.2) is 55.0 Å². The van der Waals surface area contributed by atoms with Gasteiger partial charge in [0.25, 0.3) is 0 Å². The number of nitrogens with one attached hydrogen (secondary N) is 2. The molecule has 0 aliphatic carbocycles. The minimum absolute atomic E-state index is 0.0401. The van der Waals surface area contributed by atoms with E-state index in [1.165, 1.54) is 20.3 Å². The molecule has 2 atom stereocenters. The van der Waals surface area contributed by atoms with E-state index in [9.17, 15) is 19.5 Å². The van der Waals surface area contributed by atoms with Crippen molar-refractivity contribution in [2.24, 2.45) is 0 Å². The Bertz CT molecular complexity index is 1090. The number of phenolic OH excluding ortho intramolecular Hbond substituents is 1. The molecule has 3 N–H and O–H groups in total. The molecule has 9 nitrogen and oxygen atoms in total. The highest BCUT2D eigenvalue weighted by molar-refractivity contribution is 5.90. The molecule has 2 aromatic carbocycles. The van der Waals surface area contributed by atoms with Gasteiger partial charge in [-0.2, -0.15) is 0 Å². The Morgan fingerprint density at radius 3 is 2.32 bits per heavy atom. The Hall–Kier alpha value is -3.75.